The van der Waals surface area contributed by atoms with Crippen molar-refractivity contribution in [3.63, 3.8) is 0 Å². The van der Waals surface area contributed by atoms with E-state index in [1.165, 1.54) is 0 Å². The number of nitrogens with two attached hydrogens (primary N) is 1. The molecule has 0 aliphatic heterocycles. The molecular formula is C9H21ClN2O4. The second-order valence-corrected chi connectivity index (χ2v) is 5.11. The summed E-state index contributed by atoms with van der Waals surface area (Å²) in [7, 11) is -2.60. The van der Waals surface area contributed by atoms with E-state index in [0.717, 1.165) is 0 Å². The maximum atomic E-state index is 11.4. The predicted octanol–water partition coefficient (Wildman–Crippen LogP) is -2.05. The fourth-order valence-corrected chi connectivity index (χ4v) is 0.756. The van der Waals surface area contributed by atoms with Crippen molar-refractivity contribution in [3.05, 3.63) is 0 Å². The van der Waals surface area contributed by atoms with Gasteiger partial charge in [0, 0.05) is 10.2 Å². The standard InChI is InChI=1S/C9H20N2O.ClHO3/c1-6(2)7(10)8(12)11-9(3,4)5;2-1(3)4/h6-7H,10H2,1-5H3,(H,11,12);2H/t7-;/m0./s1. The largest absolute Gasteiger partial charge is 0.350 e. The van der Waals surface area contributed by atoms with Crippen LogP contribution in [0.2, 0.25) is 0 Å². The Morgan fingerprint density at radius 1 is 1.38 bits per heavy atom. The monoisotopic (exact) mass is 256 g/mol. The number of hydrogen-bond donors (Lipinski definition) is 3. The van der Waals surface area contributed by atoms with E-state index in [1.807, 2.05) is 34.6 Å². The SMILES string of the molecule is CC(C)[C@H](N)C(=O)NC(C)(C)C.[O-][Cl+2]([O-])O. The van der Waals surface area contributed by atoms with E-state index in [1.54, 1.807) is 0 Å². The Labute approximate surface area is 99.2 Å². The van der Waals surface area contributed by atoms with Crippen LogP contribution in [0.15, 0.2) is 0 Å². The van der Waals surface area contributed by atoms with Gasteiger partial charge in [0.15, 0.2) is 0 Å². The molecule has 7 heteroatoms. The van der Waals surface area contributed by atoms with Gasteiger partial charge in [0.25, 0.3) is 10.8 Å². The number of carbonyl (C=O) groups excluding carboxylic acids is 1. The van der Waals surface area contributed by atoms with Gasteiger partial charge in [0.1, 0.15) is 0 Å². The second-order valence-electron chi connectivity index (χ2n) is 4.71. The summed E-state index contributed by atoms with van der Waals surface area (Å²) in [5.41, 5.74) is 5.46. The molecule has 0 aliphatic rings. The number of hydrogen-bond acceptors (Lipinski definition) is 5. The van der Waals surface area contributed by atoms with Gasteiger partial charge in [-0.15, -0.1) is 0 Å². The molecule has 4 N–H and O–H groups in total. The molecule has 0 aromatic carbocycles. The lowest BCUT2D eigenvalue weighted by molar-refractivity contribution is -1.63. The predicted molar refractivity (Wildman–Crippen MR) is 52.9 cm³/mol. The lowest BCUT2D eigenvalue weighted by Gasteiger charge is -2.24. The van der Waals surface area contributed by atoms with Gasteiger partial charge < -0.3 is 20.4 Å². The van der Waals surface area contributed by atoms with Crippen LogP contribution in [0.4, 0.5) is 0 Å². The van der Waals surface area contributed by atoms with Crippen LogP contribution in [-0.2, 0) is 4.79 Å². The Morgan fingerprint density at radius 2 is 1.69 bits per heavy atom. The summed E-state index contributed by atoms with van der Waals surface area (Å²) in [6.07, 6.45) is 0. The molecule has 6 nitrogen and oxygen atoms in total. The molecule has 98 valence electrons. The average molecular weight is 257 g/mol. The van der Waals surface area contributed by atoms with Gasteiger partial charge in [-0.25, -0.2) is 0 Å². The minimum atomic E-state index is -2.60. The summed E-state index contributed by atoms with van der Waals surface area (Å²) in [6, 6.07) is -0.399. The molecule has 1 atom stereocenters. The fourth-order valence-electron chi connectivity index (χ4n) is 0.756. The summed E-state index contributed by atoms with van der Waals surface area (Å²) in [4.78, 5) is 11.4. The normalized spacial score (nSPS) is 13.2. The van der Waals surface area contributed by atoms with Gasteiger partial charge in [-0.1, -0.05) is 13.8 Å². The van der Waals surface area contributed by atoms with E-state index in [9.17, 15) is 4.79 Å². The molecule has 16 heavy (non-hydrogen) atoms. The first-order valence-corrected chi connectivity index (χ1v) is 5.75. The maximum absolute atomic E-state index is 11.4. The third-order valence-corrected chi connectivity index (χ3v) is 1.52. The minimum absolute atomic E-state index is 0.0718. The van der Waals surface area contributed by atoms with E-state index in [-0.39, 0.29) is 17.4 Å². The zero-order valence-corrected chi connectivity index (χ0v) is 11.0. The lowest BCUT2D eigenvalue weighted by atomic mass is 10.0. The fraction of sp³-hybridized carbons (Fsp3) is 0.889. The Kier molecular flexibility index (Phi) is 8.77. The molecule has 0 unspecified atom stereocenters. The first-order chi connectivity index (χ1) is 6.97. The molecule has 0 saturated heterocycles. The number of nitrogens with one attached hydrogen (secondary N) is 1. The van der Waals surface area contributed by atoms with Gasteiger partial charge in [-0.2, -0.15) is 0 Å². The van der Waals surface area contributed by atoms with Gasteiger partial charge in [0.2, 0.25) is 5.91 Å². The van der Waals surface area contributed by atoms with Crippen molar-refractivity contribution < 1.29 is 29.6 Å². The quantitative estimate of drug-likeness (QED) is 0.525. The highest BCUT2D eigenvalue weighted by Crippen LogP contribution is 2.03. The molecule has 0 heterocycles. The highest BCUT2D eigenvalue weighted by molar-refractivity contribution is 5.82. The van der Waals surface area contributed by atoms with Gasteiger partial charge in [-0.05, 0) is 26.7 Å². The van der Waals surface area contributed by atoms with Gasteiger partial charge in [-0.3, -0.25) is 4.79 Å². The van der Waals surface area contributed by atoms with Gasteiger partial charge in [0.05, 0.1) is 6.04 Å². The smallest absolute Gasteiger partial charge is 0.282 e. The zero-order chi connectivity index (χ0) is 13.5. The Morgan fingerprint density at radius 3 is 1.88 bits per heavy atom. The highest BCUT2D eigenvalue weighted by atomic mass is 35.6. The molecule has 0 fully saturated rings. The number of halogens is 1. The Balaban J connectivity index is 0. The van der Waals surface area contributed by atoms with E-state index in [4.69, 9.17) is 19.7 Å². The summed E-state index contributed by atoms with van der Waals surface area (Å²) in [5.74, 6) is 0.116. The molecule has 0 aliphatic carbocycles. The molecule has 0 radical (unpaired) electrons. The molecule has 0 rings (SSSR count). The zero-order valence-electron chi connectivity index (χ0n) is 10.3. The molecular weight excluding hydrogens is 236 g/mol. The summed E-state index contributed by atoms with van der Waals surface area (Å²) < 4.78 is 24.0. The summed E-state index contributed by atoms with van der Waals surface area (Å²) in [5, 5.41) is 2.84. The van der Waals surface area contributed by atoms with Crippen molar-refractivity contribution in [2.24, 2.45) is 11.7 Å². The first kappa shape index (κ1) is 18.0. The number of carbonyl (C=O) groups is 1. The molecule has 0 spiro atoms. The summed E-state index contributed by atoms with van der Waals surface area (Å²) in [6.45, 7) is 9.70. The van der Waals surface area contributed by atoms with Crippen molar-refractivity contribution in [1.29, 1.82) is 0 Å². The van der Waals surface area contributed by atoms with Crippen LogP contribution >= 0.6 is 0 Å². The van der Waals surface area contributed by atoms with Crippen LogP contribution in [-0.4, -0.2) is 22.1 Å². The highest BCUT2D eigenvalue weighted by Gasteiger charge is 2.21. The molecule has 0 aromatic rings. The Bertz CT molecular complexity index is 201. The summed E-state index contributed by atoms with van der Waals surface area (Å²) >= 11 is 0. The van der Waals surface area contributed by atoms with Crippen molar-refractivity contribution in [1.82, 2.24) is 5.32 Å². The van der Waals surface area contributed by atoms with Crippen molar-refractivity contribution in [3.8, 4) is 0 Å². The number of amides is 1. The van der Waals surface area contributed by atoms with E-state index < -0.39 is 16.8 Å². The van der Waals surface area contributed by atoms with E-state index >= 15 is 0 Å². The van der Waals surface area contributed by atoms with E-state index in [2.05, 4.69) is 5.32 Å². The van der Waals surface area contributed by atoms with E-state index in [0.29, 0.717) is 0 Å². The minimum Gasteiger partial charge on any atom is -0.350 e. The average Bonchev–Trinajstić information content (AvgIpc) is 1.98. The van der Waals surface area contributed by atoms with Crippen LogP contribution in [0.1, 0.15) is 34.6 Å². The van der Waals surface area contributed by atoms with Crippen LogP contribution in [0.3, 0.4) is 0 Å². The second kappa shape index (κ2) is 7.81. The van der Waals surface area contributed by atoms with Gasteiger partial charge >= 0.3 is 0 Å². The Hall–Kier alpha value is -0.400. The first-order valence-electron chi connectivity index (χ1n) is 4.79. The van der Waals surface area contributed by atoms with Crippen LogP contribution in [0.25, 0.3) is 0 Å². The topological polar surface area (TPSA) is 121 Å². The molecule has 0 bridgehead atoms. The third kappa shape index (κ3) is 13.6. The van der Waals surface area contributed by atoms with Crippen molar-refractivity contribution in [2.45, 2.75) is 46.2 Å². The lowest BCUT2D eigenvalue weighted by Crippen LogP contribution is -2.50. The third-order valence-electron chi connectivity index (χ3n) is 1.52. The number of rotatable bonds is 2. The maximum Gasteiger partial charge on any atom is 0.282 e. The van der Waals surface area contributed by atoms with Crippen LogP contribution in [0.5, 0.6) is 0 Å². The van der Waals surface area contributed by atoms with Crippen LogP contribution in [0, 0.1) is 16.7 Å². The molecule has 0 saturated carbocycles. The molecule has 1 amide bonds. The van der Waals surface area contributed by atoms with Crippen LogP contribution < -0.4 is 20.4 Å². The van der Waals surface area contributed by atoms with Crippen molar-refractivity contribution in [2.75, 3.05) is 0 Å². The molecule has 0 aromatic heterocycles. The van der Waals surface area contributed by atoms with Crippen molar-refractivity contribution >= 4 is 5.91 Å².